The number of hydrogen-bond donors (Lipinski definition) is 1. The molecule has 0 heterocycles. The number of benzene rings is 1. The quantitative estimate of drug-likeness (QED) is 0.677. The molecule has 0 bridgehead atoms. The van der Waals surface area contributed by atoms with Gasteiger partial charge in [-0.25, -0.2) is 8.78 Å². The highest BCUT2D eigenvalue weighted by Crippen LogP contribution is 2.57. The topological polar surface area (TPSA) is 35.2 Å². The number of halogens is 5. The van der Waals surface area contributed by atoms with E-state index >= 15 is 0 Å². The van der Waals surface area contributed by atoms with Crippen molar-refractivity contribution in [3.05, 3.63) is 22.2 Å². The Morgan fingerprint density at radius 3 is 2.18 bits per heavy atom. The van der Waals surface area contributed by atoms with Crippen LogP contribution in [0.5, 0.6) is 5.75 Å². The van der Waals surface area contributed by atoms with Gasteiger partial charge in [-0.2, -0.15) is 0 Å². The minimum absolute atomic E-state index is 0.116. The number of anilines is 1. The van der Waals surface area contributed by atoms with E-state index in [-0.39, 0.29) is 22.4 Å². The van der Waals surface area contributed by atoms with E-state index in [2.05, 4.69) is 0 Å². The number of nitrogen functional groups attached to an aromatic ring is 1. The van der Waals surface area contributed by atoms with Gasteiger partial charge in [0.15, 0.2) is 5.75 Å². The Balaban J connectivity index is 2.11. The fourth-order valence-corrected chi connectivity index (χ4v) is 2.20. The lowest BCUT2D eigenvalue weighted by Crippen LogP contribution is -2.20. The third kappa shape index (κ3) is 2.39. The normalized spacial score (nSPS) is 25.7. The van der Waals surface area contributed by atoms with Crippen LogP contribution in [-0.4, -0.2) is 17.4 Å². The molecule has 1 aliphatic rings. The van der Waals surface area contributed by atoms with Crippen LogP contribution in [-0.2, 0) is 0 Å². The molecular formula is C10H8Cl3F2NO. The summed E-state index contributed by atoms with van der Waals surface area (Å²) in [5, 5.41) is 0.332. The van der Waals surface area contributed by atoms with Crippen LogP contribution >= 0.6 is 34.8 Å². The van der Waals surface area contributed by atoms with Crippen molar-refractivity contribution in [2.45, 2.75) is 17.2 Å². The SMILES string of the molecule is Nc1cc(Cl)c(OCC2(Cl)CC2(F)F)c(Cl)c1. The zero-order valence-corrected chi connectivity index (χ0v) is 10.7. The lowest BCUT2D eigenvalue weighted by atomic mass is 10.3. The van der Waals surface area contributed by atoms with Gasteiger partial charge in [0.25, 0.3) is 5.92 Å². The second-order valence-corrected chi connectivity index (χ2v) is 5.49. The average Bonchev–Trinajstić information content (AvgIpc) is 2.63. The monoisotopic (exact) mass is 301 g/mol. The fraction of sp³-hybridized carbons (Fsp3) is 0.400. The van der Waals surface area contributed by atoms with Gasteiger partial charge in [0.1, 0.15) is 11.5 Å². The number of hydrogen-bond acceptors (Lipinski definition) is 2. The summed E-state index contributed by atoms with van der Waals surface area (Å²) < 4.78 is 30.9. The van der Waals surface area contributed by atoms with E-state index in [0.29, 0.717) is 5.69 Å². The van der Waals surface area contributed by atoms with Crippen LogP contribution in [0.15, 0.2) is 12.1 Å². The molecule has 1 atom stereocenters. The van der Waals surface area contributed by atoms with Gasteiger partial charge in [0.2, 0.25) is 0 Å². The summed E-state index contributed by atoms with van der Waals surface area (Å²) in [5.41, 5.74) is 5.86. The highest BCUT2D eigenvalue weighted by molar-refractivity contribution is 6.37. The predicted octanol–water partition coefficient (Wildman–Crippen LogP) is 3.97. The lowest BCUT2D eigenvalue weighted by Gasteiger charge is -2.13. The molecule has 7 heteroatoms. The van der Waals surface area contributed by atoms with E-state index in [4.69, 9.17) is 45.3 Å². The zero-order chi connectivity index (χ0) is 12.8. The first-order valence-corrected chi connectivity index (χ1v) is 5.83. The highest BCUT2D eigenvalue weighted by atomic mass is 35.5. The van der Waals surface area contributed by atoms with E-state index in [0.717, 1.165) is 0 Å². The van der Waals surface area contributed by atoms with Gasteiger partial charge in [0.05, 0.1) is 10.0 Å². The third-order valence-corrected chi connectivity index (χ3v) is 3.58. The van der Waals surface area contributed by atoms with E-state index in [1.165, 1.54) is 12.1 Å². The summed E-state index contributed by atoms with van der Waals surface area (Å²) in [6, 6.07) is 2.85. The van der Waals surface area contributed by atoms with Gasteiger partial charge >= 0.3 is 0 Å². The highest BCUT2D eigenvalue weighted by Gasteiger charge is 2.71. The smallest absolute Gasteiger partial charge is 0.272 e. The van der Waals surface area contributed by atoms with Crippen LogP contribution in [0.25, 0.3) is 0 Å². The van der Waals surface area contributed by atoms with Gasteiger partial charge in [-0.1, -0.05) is 23.2 Å². The summed E-state index contributed by atoms with van der Waals surface area (Å²) in [6.07, 6.45) is -0.411. The van der Waals surface area contributed by atoms with Gasteiger partial charge in [0, 0.05) is 12.1 Å². The molecular weight excluding hydrogens is 294 g/mol. The van der Waals surface area contributed by atoms with Crippen molar-refractivity contribution in [2.75, 3.05) is 12.3 Å². The number of nitrogens with two attached hydrogens (primary N) is 1. The fourth-order valence-electron chi connectivity index (χ4n) is 1.37. The summed E-state index contributed by atoms with van der Waals surface area (Å²) >= 11 is 17.3. The van der Waals surface area contributed by atoms with Crippen LogP contribution in [0.1, 0.15) is 6.42 Å². The molecule has 0 aromatic heterocycles. The van der Waals surface area contributed by atoms with E-state index < -0.39 is 17.2 Å². The second kappa shape index (κ2) is 4.04. The third-order valence-electron chi connectivity index (χ3n) is 2.50. The molecule has 2 N–H and O–H groups in total. The molecule has 0 amide bonds. The van der Waals surface area contributed by atoms with Gasteiger partial charge in [-0.3, -0.25) is 0 Å². The molecule has 1 aromatic carbocycles. The molecule has 2 rings (SSSR count). The molecule has 1 unspecified atom stereocenters. The lowest BCUT2D eigenvalue weighted by molar-refractivity contribution is 0.0930. The molecule has 0 aliphatic heterocycles. The average molecular weight is 303 g/mol. The number of ether oxygens (including phenoxy) is 1. The Labute approximate surface area is 112 Å². The number of rotatable bonds is 3. The first kappa shape index (κ1) is 13.0. The van der Waals surface area contributed by atoms with E-state index in [1.54, 1.807) is 0 Å². The molecule has 2 nitrogen and oxygen atoms in total. The first-order chi connectivity index (χ1) is 7.75. The summed E-state index contributed by atoms with van der Waals surface area (Å²) in [5.74, 6) is -2.79. The van der Waals surface area contributed by atoms with Crippen molar-refractivity contribution < 1.29 is 13.5 Å². The largest absolute Gasteiger partial charge is 0.488 e. The Kier molecular flexibility index (Phi) is 3.09. The van der Waals surface area contributed by atoms with Gasteiger partial charge in [-0.15, -0.1) is 11.6 Å². The molecule has 1 aromatic rings. The van der Waals surface area contributed by atoms with Crippen LogP contribution in [0, 0.1) is 0 Å². The standard InChI is InChI=1S/C10H8Cl3F2NO/c11-6-1-5(16)2-7(12)8(6)17-4-9(13)3-10(9,14)15/h1-2H,3-4,16H2. The molecule has 1 fully saturated rings. The molecule has 0 spiro atoms. The molecule has 17 heavy (non-hydrogen) atoms. The van der Waals surface area contributed by atoms with Crippen LogP contribution < -0.4 is 10.5 Å². The zero-order valence-electron chi connectivity index (χ0n) is 8.44. The first-order valence-electron chi connectivity index (χ1n) is 4.69. The molecule has 0 radical (unpaired) electrons. The van der Waals surface area contributed by atoms with Crippen LogP contribution in [0.3, 0.4) is 0 Å². The van der Waals surface area contributed by atoms with Crippen molar-refractivity contribution in [1.82, 2.24) is 0 Å². The summed E-state index contributed by atoms with van der Waals surface area (Å²) in [7, 11) is 0. The van der Waals surface area contributed by atoms with Crippen molar-refractivity contribution in [2.24, 2.45) is 0 Å². The van der Waals surface area contributed by atoms with Crippen LogP contribution in [0.2, 0.25) is 10.0 Å². The van der Waals surface area contributed by atoms with E-state index in [9.17, 15) is 8.78 Å². The second-order valence-electron chi connectivity index (χ2n) is 3.95. The Morgan fingerprint density at radius 2 is 1.76 bits per heavy atom. The molecule has 1 aliphatic carbocycles. The summed E-state index contributed by atoms with van der Waals surface area (Å²) in [4.78, 5) is -1.65. The molecule has 1 saturated carbocycles. The Morgan fingerprint density at radius 1 is 1.29 bits per heavy atom. The maximum atomic E-state index is 12.9. The van der Waals surface area contributed by atoms with E-state index in [1.807, 2.05) is 0 Å². The maximum Gasteiger partial charge on any atom is 0.272 e. The summed E-state index contributed by atoms with van der Waals surface area (Å²) in [6.45, 7) is -0.356. The minimum Gasteiger partial charge on any atom is -0.488 e. The Bertz CT molecular complexity index is 446. The molecule has 0 saturated heterocycles. The van der Waals surface area contributed by atoms with Crippen molar-refractivity contribution in [1.29, 1.82) is 0 Å². The molecule has 94 valence electrons. The van der Waals surface area contributed by atoms with Gasteiger partial charge in [-0.05, 0) is 12.1 Å². The minimum atomic E-state index is -2.90. The Hall–Kier alpha value is -0.450. The number of alkyl halides is 3. The maximum absolute atomic E-state index is 12.9. The van der Waals surface area contributed by atoms with Crippen molar-refractivity contribution in [3.63, 3.8) is 0 Å². The van der Waals surface area contributed by atoms with Crippen molar-refractivity contribution in [3.8, 4) is 5.75 Å². The van der Waals surface area contributed by atoms with Gasteiger partial charge < -0.3 is 10.5 Å². The van der Waals surface area contributed by atoms with Crippen LogP contribution in [0.4, 0.5) is 14.5 Å². The van der Waals surface area contributed by atoms with Crippen molar-refractivity contribution >= 4 is 40.5 Å². The predicted molar refractivity (Wildman–Crippen MR) is 64.5 cm³/mol.